The number of halogens is 2. The maximum absolute atomic E-state index is 15.2. The van der Waals surface area contributed by atoms with Gasteiger partial charge in [0.2, 0.25) is 0 Å². The van der Waals surface area contributed by atoms with Gasteiger partial charge in [-0.25, -0.2) is 0 Å². The quantitative estimate of drug-likeness (QED) is 0.201. The van der Waals surface area contributed by atoms with Crippen LogP contribution in [-0.2, 0) is 0 Å². The van der Waals surface area contributed by atoms with E-state index in [1.165, 1.54) is 0 Å². The maximum Gasteiger partial charge on any atom is 0.322 e. The van der Waals surface area contributed by atoms with Crippen molar-refractivity contribution < 1.29 is 8.22 Å². The van der Waals surface area contributed by atoms with E-state index in [1.807, 2.05) is 0 Å². The van der Waals surface area contributed by atoms with Crippen molar-refractivity contribution in [1.29, 1.82) is 0 Å². The van der Waals surface area contributed by atoms with E-state index in [-0.39, 0.29) is 0 Å². The molecule has 0 spiro atoms. The largest absolute Gasteiger partial charge is 0.322 e. The van der Waals surface area contributed by atoms with Gasteiger partial charge >= 0.3 is 16.8 Å². The lowest BCUT2D eigenvalue weighted by Gasteiger charge is -2.19. The second-order valence-corrected chi connectivity index (χ2v) is 13.0. The number of unbranched alkanes of at least 4 members (excludes halogenated alkanes) is 4. The Balaban J connectivity index is 5.03. The molecule has 22 heavy (non-hydrogen) atoms. The van der Waals surface area contributed by atoms with Gasteiger partial charge in [0, 0.05) is 0 Å². The molecular weight excluding hydrogens is 310 g/mol. The molecule has 0 N–H and O–H groups in total. The fourth-order valence-corrected chi connectivity index (χ4v) is 9.00. The molecule has 130 valence electrons. The Hall–Kier alpha value is -0.146. The van der Waals surface area contributed by atoms with E-state index in [9.17, 15) is 0 Å². The number of hydrogen-bond donors (Lipinski definition) is 0. The van der Waals surface area contributed by atoms with E-state index >= 15 is 8.22 Å². The minimum atomic E-state index is -3.05. The Kier molecular flexibility index (Phi) is 12.2. The van der Waals surface area contributed by atoms with E-state index < -0.39 is 16.8 Å². The molecule has 0 radical (unpaired) electrons. The van der Waals surface area contributed by atoms with Crippen LogP contribution in [0.15, 0.2) is 0 Å². The molecule has 0 nitrogen and oxygen atoms in total. The van der Waals surface area contributed by atoms with E-state index in [0.29, 0.717) is 24.2 Å². The second kappa shape index (κ2) is 12.3. The molecule has 4 heteroatoms. The second-order valence-electron chi connectivity index (χ2n) is 6.59. The highest BCUT2D eigenvalue weighted by Crippen LogP contribution is 2.26. The van der Waals surface area contributed by atoms with Crippen molar-refractivity contribution in [3.63, 3.8) is 0 Å². The molecule has 0 aromatic heterocycles. The van der Waals surface area contributed by atoms with Crippen LogP contribution in [0.4, 0.5) is 8.22 Å². The van der Waals surface area contributed by atoms with Crippen LogP contribution < -0.4 is 0 Å². The van der Waals surface area contributed by atoms with Crippen molar-refractivity contribution in [2.45, 2.75) is 103 Å². The highest BCUT2D eigenvalue weighted by molar-refractivity contribution is 6.86. The van der Waals surface area contributed by atoms with Crippen LogP contribution in [0.2, 0.25) is 24.2 Å². The summed E-state index contributed by atoms with van der Waals surface area (Å²) in [5.41, 5.74) is 5.87. The Morgan fingerprint density at radius 2 is 0.773 bits per heavy atom. The van der Waals surface area contributed by atoms with Crippen molar-refractivity contribution in [2.24, 2.45) is 0 Å². The summed E-state index contributed by atoms with van der Waals surface area (Å²) in [6.45, 7) is 8.33. The Morgan fingerprint density at radius 3 is 0.955 bits per heavy atom. The first-order chi connectivity index (χ1) is 10.4. The number of rotatable bonds is 12. The van der Waals surface area contributed by atoms with E-state index in [4.69, 9.17) is 0 Å². The van der Waals surface area contributed by atoms with Crippen molar-refractivity contribution in [3.05, 3.63) is 0 Å². The predicted octanol–water partition coefficient (Wildman–Crippen LogP) is 7.10. The van der Waals surface area contributed by atoms with Gasteiger partial charge in [0.25, 0.3) is 0 Å². The minimum absolute atomic E-state index is 0.600. The zero-order chi connectivity index (χ0) is 16.9. The highest BCUT2D eigenvalue weighted by Gasteiger charge is 2.35. The Labute approximate surface area is 139 Å². The molecule has 0 unspecified atom stereocenters. The smallest absolute Gasteiger partial charge is 0.297 e. The zero-order valence-electron chi connectivity index (χ0n) is 15.2. The number of hydrogen-bond acceptors (Lipinski definition) is 0. The summed E-state index contributed by atoms with van der Waals surface area (Å²) in [6.07, 6.45) is 7.56. The fourth-order valence-electron chi connectivity index (χ4n) is 2.55. The van der Waals surface area contributed by atoms with Gasteiger partial charge in [0.15, 0.2) is 0 Å². The van der Waals surface area contributed by atoms with Crippen LogP contribution in [0.25, 0.3) is 0 Å². The first kappa shape index (κ1) is 21.9. The van der Waals surface area contributed by atoms with Gasteiger partial charge in [-0.2, -0.15) is 0 Å². The lowest BCUT2D eigenvalue weighted by atomic mass is 10.4. The molecule has 0 rings (SSSR count). The van der Waals surface area contributed by atoms with Crippen LogP contribution in [0.5, 0.6) is 0 Å². The summed E-state index contributed by atoms with van der Waals surface area (Å²) in [6, 6.07) is 2.40. The summed E-state index contributed by atoms with van der Waals surface area (Å²) in [4.78, 5) is 0. The first-order valence-corrected chi connectivity index (χ1v) is 14.0. The van der Waals surface area contributed by atoms with Crippen LogP contribution >= 0.6 is 0 Å². The lowest BCUT2D eigenvalue weighted by molar-refractivity contribution is 0.716. The Morgan fingerprint density at radius 1 is 0.545 bits per heavy atom. The Bertz CT molecular complexity index is 288. The predicted molar refractivity (Wildman–Crippen MR) is 100 cm³/mol. The van der Waals surface area contributed by atoms with Gasteiger partial charge in [0.05, 0.1) is 0 Å². The molecule has 0 fully saturated rings. The van der Waals surface area contributed by atoms with E-state index in [2.05, 4.69) is 38.8 Å². The molecule has 0 aliphatic rings. The molecule has 0 amide bonds. The summed E-state index contributed by atoms with van der Waals surface area (Å²) in [7, 11) is -6.09. The van der Waals surface area contributed by atoms with Crippen LogP contribution in [0.3, 0.4) is 0 Å². The molecular formula is C18H36F2Si2. The molecule has 0 saturated carbocycles. The summed E-state index contributed by atoms with van der Waals surface area (Å²) >= 11 is 0. The van der Waals surface area contributed by atoms with E-state index in [0.717, 1.165) is 51.4 Å². The first-order valence-electron chi connectivity index (χ1n) is 9.37. The monoisotopic (exact) mass is 346 g/mol. The van der Waals surface area contributed by atoms with Gasteiger partial charge in [-0.15, -0.1) is 0 Å². The van der Waals surface area contributed by atoms with Crippen molar-refractivity contribution in [1.82, 2.24) is 0 Å². The van der Waals surface area contributed by atoms with Crippen LogP contribution in [0.1, 0.15) is 79.1 Å². The summed E-state index contributed by atoms with van der Waals surface area (Å²) < 4.78 is 30.3. The zero-order valence-corrected chi connectivity index (χ0v) is 17.2. The summed E-state index contributed by atoms with van der Waals surface area (Å²) in [5.74, 6) is 0. The molecule has 0 aliphatic carbocycles. The molecule has 0 heterocycles. The highest BCUT2D eigenvalue weighted by atomic mass is 28.4. The summed E-state index contributed by atoms with van der Waals surface area (Å²) in [5, 5.41) is 0. The third-order valence-corrected chi connectivity index (χ3v) is 10.2. The standard InChI is InChI=1S/C18H36F2Si2/c1-5-9-13-21(19,14-10-6-2)17-18-22(20,15-11-7-3)16-12-8-4/h5-16H2,1-4H3. The van der Waals surface area contributed by atoms with Gasteiger partial charge in [-0.1, -0.05) is 90.1 Å². The topological polar surface area (TPSA) is 0 Å². The molecule has 0 atom stereocenters. The maximum atomic E-state index is 15.2. The van der Waals surface area contributed by atoms with E-state index in [1.54, 1.807) is 0 Å². The van der Waals surface area contributed by atoms with Crippen molar-refractivity contribution >= 4 is 16.8 Å². The van der Waals surface area contributed by atoms with Gasteiger partial charge < -0.3 is 0 Å². The fraction of sp³-hybridized carbons (Fsp3) is 0.889. The third-order valence-electron chi connectivity index (χ3n) is 4.22. The average molecular weight is 347 g/mol. The molecule has 0 aromatic carbocycles. The third kappa shape index (κ3) is 9.79. The average Bonchev–Trinajstić information content (AvgIpc) is 2.53. The van der Waals surface area contributed by atoms with Gasteiger partial charge in [-0.3, -0.25) is 8.22 Å². The molecule has 0 bridgehead atoms. The van der Waals surface area contributed by atoms with Crippen LogP contribution in [-0.4, -0.2) is 16.8 Å². The lowest BCUT2D eigenvalue weighted by Crippen LogP contribution is -2.31. The van der Waals surface area contributed by atoms with Crippen LogP contribution in [0, 0.1) is 11.1 Å². The SMILES string of the molecule is CCCC[Si](F)(C#C[Si](F)(CCCC)CCCC)CCCC. The van der Waals surface area contributed by atoms with Gasteiger partial charge in [0.1, 0.15) is 0 Å². The van der Waals surface area contributed by atoms with Crippen molar-refractivity contribution in [3.8, 4) is 11.1 Å². The molecule has 0 aliphatic heterocycles. The molecule has 0 aromatic rings. The van der Waals surface area contributed by atoms with Crippen molar-refractivity contribution in [2.75, 3.05) is 0 Å². The van der Waals surface area contributed by atoms with Gasteiger partial charge in [-0.05, 0) is 24.2 Å². The molecule has 0 saturated heterocycles. The minimum Gasteiger partial charge on any atom is -0.297 e. The normalized spacial score (nSPS) is 12.1.